The Morgan fingerprint density at radius 2 is 2.06 bits per heavy atom. The number of carbonyl (C=O) groups excluding carboxylic acids is 1. The minimum Gasteiger partial charge on any atom is -0.484 e. The Hall–Kier alpha value is -3.04. The number of ether oxygens (including phenoxy) is 2. The molecule has 2 heterocycles. The Balaban J connectivity index is 1.54. The maximum atomic E-state index is 13.1. The molecule has 0 unspecified atom stereocenters. The van der Waals surface area contributed by atoms with Gasteiger partial charge in [-0.25, -0.2) is 4.98 Å². The third-order valence-electron chi connectivity index (χ3n) is 5.26. The van der Waals surface area contributed by atoms with Gasteiger partial charge in [-0.3, -0.25) is 9.59 Å². The van der Waals surface area contributed by atoms with Crippen LogP contribution in [0.3, 0.4) is 0 Å². The quantitative estimate of drug-likeness (QED) is 0.453. The van der Waals surface area contributed by atoms with Crippen LogP contribution in [0.2, 0.25) is 0 Å². The van der Waals surface area contributed by atoms with Gasteiger partial charge in [0.05, 0.1) is 30.3 Å². The molecule has 0 bridgehead atoms. The van der Waals surface area contributed by atoms with Crippen molar-refractivity contribution in [3.05, 3.63) is 68.7 Å². The summed E-state index contributed by atoms with van der Waals surface area (Å²) in [5.74, 6) is 1.10. The molecule has 4 rings (SSSR count). The maximum Gasteiger partial charge on any atom is 0.282 e. The van der Waals surface area contributed by atoms with E-state index in [4.69, 9.17) is 9.47 Å². The number of rotatable bonds is 7. The summed E-state index contributed by atoms with van der Waals surface area (Å²) < 4.78 is 13.1. The van der Waals surface area contributed by atoms with E-state index in [-0.39, 0.29) is 18.1 Å². The fourth-order valence-electron chi connectivity index (χ4n) is 3.56. The summed E-state index contributed by atoms with van der Waals surface area (Å²) in [6.45, 7) is 4.27. The minimum absolute atomic E-state index is 0.0375. The van der Waals surface area contributed by atoms with Gasteiger partial charge in [-0.15, -0.1) is 0 Å². The van der Waals surface area contributed by atoms with E-state index >= 15 is 0 Å². The molecule has 0 aliphatic carbocycles. The van der Waals surface area contributed by atoms with Crippen molar-refractivity contribution in [1.29, 1.82) is 0 Å². The molecule has 0 saturated carbocycles. The maximum absolute atomic E-state index is 13.1. The number of hydrogen-bond donors (Lipinski definition) is 0. The standard InChI is InChI=1S/C24H25BrN4O4/c1-2-4-22-27-21-8-7-18(25)14-20(21)24(31)29(22)26-15-17-5-3-6-19(13-17)33-16-23(30)28-9-11-32-12-10-28/h3,5-8,13-15H,2,4,9-12,16H2,1H3. The summed E-state index contributed by atoms with van der Waals surface area (Å²) in [5, 5.41) is 4.94. The summed E-state index contributed by atoms with van der Waals surface area (Å²) in [6.07, 6.45) is 3.07. The van der Waals surface area contributed by atoms with Crippen LogP contribution in [0.15, 0.2) is 56.8 Å². The van der Waals surface area contributed by atoms with Gasteiger partial charge in [0.15, 0.2) is 6.61 Å². The van der Waals surface area contributed by atoms with Crippen molar-refractivity contribution in [3.63, 3.8) is 0 Å². The Labute approximate surface area is 200 Å². The highest BCUT2D eigenvalue weighted by Gasteiger charge is 2.17. The monoisotopic (exact) mass is 512 g/mol. The molecule has 1 fully saturated rings. The summed E-state index contributed by atoms with van der Waals surface area (Å²) >= 11 is 3.41. The van der Waals surface area contributed by atoms with Crippen molar-refractivity contribution in [2.24, 2.45) is 5.10 Å². The van der Waals surface area contributed by atoms with Crippen molar-refractivity contribution in [2.45, 2.75) is 19.8 Å². The largest absolute Gasteiger partial charge is 0.484 e. The van der Waals surface area contributed by atoms with E-state index in [0.717, 1.165) is 16.5 Å². The fourth-order valence-corrected chi connectivity index (χ4v) is 3.92. The Morgan fingerprint density at radius 1 is 1.24 bits per heavy atom. The van der Waals surface area contributed by atoms with Crippen molar-refractivity contribution < 1.29 is 14.3 Å². The normalized spacial score (nSPS) is 14.2. The van der Waals surface area contributed by atoms with Crippen LogP contribution in [-0.4, -0.2) is 59.6 Å². The topological polar surface area (TPSA) is 86.0 Å². The molecule has 1 aliphatic rings. The lowest BCUT2D eigenvalue weighted by atomic mass is 10.2. The van der Waals surface area contributed by atoms with Crippen LogP contribution in [0.25, 0.3) is 10.9 Å². The summed E-state index contributed by atoms with van der Waals surface area (Å²) in [5.41, 5.74) is 1.18. The van der Waals surface area contributed by atoms with Crippen LogP contribution < -0.4 is 10.3 Å². The molecule has 0 N–H and O–H groups in total. The summed E-state index contributed by atoms with van der Waals surface area (Å²) in [7, 11) is 0. The van der Waals surface area contributed by atoms with Crippen molar-refractivity contribution in [2.75, 3.05) is 32.9 Å². The number of carbonyl (C=O) groups is 1. The first-order chi connectivity index (χ1) is 16.0. The van der Waals surface area contributed by atoms with Crippen LogP contribution in [0, 0.1) is 0 Å². The highest BCUT2D eigenvalue weighted by Crippen LogP contribution is 2.17. The van der Waals surface area contributed by atoms with Gasteiger partial charge in [0.1, 0.15) is 11.6 Å². The van der Waals surface area contributed by atoms with E-state index in [0.29, 0.717) is 55.2 Å². The second-order valence-electron chi connectivity index (χ2n) is 7.66. The van der Waals surface area contributed by atoms with Gasteiger partial charge in [0.2, 0.25) is 0 Å². The van der Waals surface area contributed by atoms with Gasteiger partial charge in [0.25, 0.3) is 11.5 Å². The van der Waals surface area contributed by atoms with Gasteiger partial charge in [-0.2, -0.15) is 9.78 Å². The van der Waals surface area contributed by atoms with E-state index in [2.05, 4.69) is 26.0 Å². The molecular formula is C24H25BrN4O4. The molecule has 0 atom stereocenters. The lowest BCUT2D eigenvalue weighted by Gasteiger charge is -2.26. The molecule has 33 heavy (non-hydrogen) atoms. The lowest BCUT2D eigenvalue weighted by Crippen LogP contribution is -2.42. The van der Waals surface area contributed by atoms with Gasteiger partial charge >= 0.3 is 0 Å². The van der Waals surface area contributed by atoms with E-state index in [9.17, 15) is 9.59 Å². The molecule has 1 aliphatic heterocycles. The van der Waals surface area contributed by atoms with Gasteiger partial charge in [-0.05, 0) is 42.3 Å². The molecule has 172 valence electrons. The highest BCUT2D eigenvalue weighted by molar-refractivity contribution is 9.10. The summed E-state index contributed by atoms with van der Waals surface area (Å²) in [6, 6.07) is 12.7. The van der Waals surface area contributed by atoms with Crippen LogP contribution in [0.4, 0.5) is 0 Å². The SMILES string of the molecule is CCCc1nc2ccc(Br)cc2c(=O)n1N=Cc1cccc(OCC(=O)N2CCOCC2)c1. The van der Waals surface area contributed by atoms with E-state index in [1.54, 1.807) is 29.3 Å². The Kier molecular flexibility index (Phi) is 7.51. The molecule has 1 saturated heterocycles. The third kappa shape index (κ3) is 5.66. The molecule has 0 radical (unpaired) electrons. The Morgan fingerprint density at radius 3 is 2.85 bits per heavy atom. The second kappa shape index (κ2) is 10.7. The summed E-state index contributed by atoms with van der Waals surface area (Å²) in [4.78, 5) is 31.8. The van der Waals surface area contributed by atoms with Crippen molar-refractivity contribution in [1.82, 2.24) is 14.6 Å². The fraction of sp³-hybridized carbons (Fsp3) is 0.333. The van der Waals surface area contributed by atoms with Crippen LogP contribution >= 0.6 is 15.9 Å². The predicted molar refractivity (Wildman–Crippen MR) is 130 cm³/mol. The lowest BCUT2D eigenvalue weighted by molar-refractivity contribution is -0.137. The molecule has 2 aromatic carbocycles. The average Bonchev–Trinajstić information content (AvgIpc) is 2.84. The van der Waals surface area contributed by atoms with Crippen LogP contribution in [-0.2, 0) is 16.0 Å². The van der Waals surface area contributed by atoms with Gasteiger partial charge in [-0.1, -0.05) is 35.0 Å². The first kappa shape index (κ1) is 23.1. The number of benzene rings is 2. The minimum atomic E-state index is -0.218. The number of fused-ring (bicyclic) bond motifs is 1. The molecule has 1 aromatic heterocycles. The molecule has 9 heteroatoms. The molecule has 8 nitrogen and oxygen atoms in total. The van der Waals surface area contributed by atoms with Gasteiger partial charge in [0, 0.05) is 24.0 Å². The second-order valence-corrected chi connectivity index (χ2v) is 8.57. The molecule has 1 amide bonds. The number of halogens is 1. The van der Waals surface area contributed by atoms with E-state index < -0.39 is 0 Å². The first-order valence-electron chi connectivity index (χ1n) is 10.9. The van der Waals surface area contributed by atoms with Crippen LogP contribution in [0.1, 0.15) is 24.7 Å². The third-order valence-corrected chi connectivity index (χ3v) is 5.75. The number of amides is 1. The number of hydrogen-bond acceptors (Lipinski definition) is 6. The average molecular weight is 513 g/mol. The van der Waals surface area contributed by atoms with Crippen molar-refractivity contribution >= 4 is 39.0 Å². The number of morpholine rings is 1. The van der Waals surface area contributed by atoms with E-state index in [1.165, 1.54) is 4.68 Å². The zero-order chi connectivity index (χ0) is 23.2. The smallest absolute Gasteiger partial charge is 0.282 e. The number of aryl methyl sites for hydroxylation is 1. The highest BCUT2D eigenvalue weighted by atomic mass is 79.9. The first-order valence-corrected chi connectivity index (χ1v) is 11.7. The zero-order valence-corrected chi connectivity index (χ0v) is 20.0. The molecular weight excluding hydrogens is 488 g/mol. The Bertz CT molecular complexity index is 1230. The zero-order valence-electron chi connectivity index (χ0n) is 18.4. The number of nitrogens with zero attached hydrogens (tertiary/aromatic N) is 4. The van der Waals surface area contributed by atoms with Crippen molar-refractivity contribution in [3.8, 4) is 5.75 Å². The van der Waals surface area contributed by atoms with Gasteiger partial charge < -0.3 is 14.4 Å². The van der Waals surface area contributed by atoms with E-state index in [1.807, 2.05) is 31.2 Å². The molecule has 3 aromatic rings. The number of aromatic nitrogens is 2. The predicted octanol–water partition coefficient (Wildman–Crippen LogP) is 3.23. The van der Waals surface area contributed by atoms with Crippen LogP contribution in [0.5, 0.6) is 5.75 Å². The molecule has 0 spiro atoms.